The summed E-state index contributed by atoms with van der Waals surface area (Å²) in [6, 6.07) is 7.50. The molecule has 1 aromatic carbocycles. The highest BCUT2D eigenvalue weighted by atomic mass is 35.5. The third-order valence-electron chi connectivity index (χ3n) is 2.45. The molecule has 0 saturated heterocycles. The van der Waals surface area contributed by atoms with E-state index < -0.39 is 5.82 Å². The zero-order valence-corrected chi connectivity index (χ0v) is 10.5. The molecule has 0 aliphatic carbocycles. The molecule has 1 heterocycles. The first kappa shape index (κ1) is 12.2. The summed E-state index contributed by atoms with van der Waals surface area (Å²) in [6.07, 6.45) is 2.70. The molecule has 0 aliphatic heterocycles. The Labute approximate surface area is 108 Å². The first-order valence-corrected chi connectivity index (χ1v) is 5.92. The lowest BCUT2D eigenvalue weighted by atomic mass is 10.1. The smallest absolute Gasteiger partial charge is 0.179 e. The molecule has 0 spiro atoms. The Morgan fingerprint density at radius 2 is 1.94 bits per heavy atom. The predicted molar refractivity (Wildman–Crippen MR) is 68.2 cm³/mol. The summed E-state index contributed by atoms with van der Waals surface area (Å²) < 4.78 is 13.6. The average Bonchev–Trinajstić information content (AvgIpc) is 2.33. The maximum atomic E-state index is 13.5. The van der Waals surface area contributed by atoms with Gasteiger partial charge in [0.2, 0.25) is 0 Å². The lowest BCUT2D eigenvalue weighted by Crippen LogP contribution is -2.00. The first-order chi connectivity index (χ1) is 8.16. The van der Waals surface area contributed by atoms with E-state index in [1.165, 1.54) is 6.33 Å². The maximum Gasteiger partial charge on any atom is 0.179 e. The Bertz CT molecular complexity index is 565. The fraction of sp³-hybridized carbons (Fsp3) is 0.167. The molecule has 17 heavy (non-hydrogen) atoms. The Morgan fingerprint density at radius 3 is 2.65 bits per heavy atom. The number of halogens is 2. The molecule has 0 unspecified atom stereocenters. The van der Waals surface area contributed by atoms with E-state index in [4.69, 9.17) is 23.8 Å². The van der Waals surface area contributed by atoms with Gasteiger partial charge >= 0.3 is 0 Å². The number of nitrogens with one attached hydrogen (secondary N) is 1. The third-order valence-corrected chi connectivity index (χ3v) is 2.99. The number of aryl methyl sites for hydroxylation is 2. The molecule has 0 bridgehead atoms. The molecule has 88 valence electrons. The monoisotopic (exact) mass is 268 g/mol. The van der Waals surface area contributed by atoms with Crippen molar-refractivity contribution in [1.29, 1.82) is 0 Å². The molecule has 2 nitrogen and oxygen atoms in total. The molecule has 0 atom stereocenters. The summed E-state index contributed by atoms with van der Waals surface area (Å²) in [4.78, 5) is 6.45. The minimum Gasteiger partial charge on any atom is -0.347 e. The van der Waals surface area contributed by atoms with Crippen LogP contribution in [0.25, 0.3) is 0 Å². The lowest BCUT2D eigenvalue weighted by Gasteiger charge is -2.03. The van der Waals surface area contributed by atoms with Crippen LogP contribution < -0.4 is 0 Å². The molecule has 2 rings (SSSR count). The summed E-state index contributed by atoms with van der Waals surface area (Å²) in [5.41, 5.74) is 1.59. The Hall–Kier alpha value is -1.26. The van der Waals surface area contributed by atoms with Gasteiger partial charge in [-0.25, -0.2) is 9.37 Å². The van der Waals surface area contributed by atoms with Gasteiger partial charge in [-0.2, -0.15) is 0 Å². The first-order valence-electron chi connectivity index (χ1n) is 5.13. The Morgan fingerprint density at radius 1 is 1.24 bits per heavy atom. The minimum atomic E-state index is -0.434. The summed E-state index contributed by atoms with van der Waals surface area (Å²) in [5, 5.41) is 0.697. The van der Waals surface area contributed by atoms with Gasteiger partial charge < -0.3 is 4.98 Å². The SMILES string of the molecule is Fc1c(CCc2ccc(Cl)cc2)[nH]cnc1=S. The summed E-state index contributed by atoms with van der Waals surface area (Å²) >= 11 is 10.6. The maximum absolute atomic E-state index is 13.5. The molecule has 0 saturated carbocycles. The molecular formula is C12H10ClFN2S. The Kier molecular flexibility index (Phi) is 3.86. The van der Waals surface area contributed by atoms with Crippen molar-refractivity contribution in [3.05, 3.63) is 57.3 Å². The van der Waals surface area contributed by atoms with Gasteiger partial charge in [0, 0.05) is 5.02 Å². The molecule has 0 aliphatic rings. The van der Waals surface area contributed by atoms with E-state index in [9.17, 15) is 4.39 Å². The van der Waals surface area contributed by atoms with Gasteiger partial charge in [-0.1, -0.05) is 36.0 Å². The van der Waals surface area contributed by atoms with Gasteiger partial charge in [0.25, 0.3) is 0 Å². The topological polar surface area (TPSA) is 28.7 Å². The van der Waals surface area contributed by atoms with Crippen molar-refractivity contribution in [2.45, 2.75) is 12.8 Å². The van der Waals surface area contributed by atoms with Gasteiger partial charge in [0.05, 0.1) is 12.0 Å². The Balaban J connectivity index is 2.10. The second-order valence-electron chi connectivity index (χ2n) is 3.63. The normalized spacial score (nSPS) is 10.5. The van der Waals surface area contributed by atoms with E-state index in [2.05, 4.69) is 9.97 Å². The van der Waals surface area contributed by atoms with Crippen molar-refractivity contribution >= 4 is 23.8 Å². The van der Waals surface area contributed by atoms with Crippen LogP contribution >= 0.6 is 23.8 Å². The molecule has 1 aromatic heterocycles. The second-order valence-corrected chi connectivity index (χ2v) is 4.45. The van der Waals surface area contributed by atoms with Crippen LogP contribution in [-0.2, 0) is 12.8 Å². The van der Waals surface area contributed by atoms with Crippen molar-refractivity contribution in [2.24, 2.45) is 0 Å². The number of hydrogen-bond acceptors (Lipinski definition) is 2. The molecular weight excluding hydrogens is 259 g/mol. The van der Waals surface area contributed by atoms with Gasteiger partial charge in [-0.3, -0.25) is 0 Å². The van der Waals surface area contributed by atoms with Crippen molar-refractivity contribution in [2.75, 3.05) is 0 Å². The predicted octanol–water partition coefficient (Wildman–Crippen LogP) is 3.72. The number of benzene rings is 1. The zero-order chi connectivity index (χ0) is 12.3. The molecule has 2 aromatic rings. The molecule has 1 N–H and O–H groups in total. The largest absolute Gasteiger partial charge is 0.347 e. The van der Waals surface area contributed by atoms with E-state index in [0.29, 0.717) is 17.1 Å². The average molecular weight is 269 g/mol. The van der Waals surface area contributed by atoms with Gasteiger partial charge in [-0.15, -0.1) is 0 Å². The quantitative estimate of drug-likeness (QED) is 0.860. The molecule has 0 radical (unpaired) electrons. The highest BCUT2D eigenvalue weighted by Gasteiger charge is 2.04. The van der Waals surface area contributed by atoms with Crippen LogP contribution in [0.2, 0.25) is 5.02 Å². The second kappa shape index (κ2) is 5.38. The fourth-order valence-corrected chi connectivity index (χ4v) is 1.82. The van der Waals surface area contributed by atoms with E-state index in [1.807, 2.05) is 24.3 Å². The summed E-state index contributed by atoms with van der Waals surface area (Å²) in [7, 11) is 0. The summed E-state index contributed by atoms with van der Waals surface area (Å²) in [5.74, 6) is -0.434. The van der Waals surface area contributed by atoms with E-state index in [1.54, 1.807) is 0 Å². The number of hydrogen-bond donors (Lipinski definition) is 1. The molecule has 0 amide bonds. The number of rotatable bonds is 3. The zero-order valence-electron chi connectivity index (χ0n) is 8.91. The van der Waals surface area contributed by atoms with Crippen LogP contribution in [0.5, 0.6) is 0 Å². The summed E-state index contributed by atoms with van der Waals surface area (Å²) in [6.45, 7) is 0. The van der Waals surface area contributed by atoms with Crippen molar-refractivity contribution < 1.29 is 4.39 Å². The third kappa shape index (κ3) is 3.11. The van der Waals surface area contributed by atoms with Crippen LogP contribution in [0.15, 0.2) is 30.6 Å². The van der Waals surface area contributed by atoms with Crippen LogP contribution in [0, 0.1) is 10.5 Å². The van der Waals surface area contributed by atoms with Crippen molar-refractivity contribution in [3.8, 4) is 0 Å². The van der Waals surface area contributed by atoms with Crippen LogP contribution in [0.3, 0.4) is 0 Å². The standard InChI is InChI=1S/C12H10ClFN2S/c13-9-4-1-8(2-5-9)3-6-10-11(14)12(17)16-7-15-10/h1-2,4-5,7H,3,6H2,(H,15,16,17). The van der Waals surface area contributed by atoms with Gasteiger partial charge in [-0.05, 0) is 30.5 Å². The van der Waals surface area contributed by atoms with E-state index >= 15 is 0 Å². The number of aromatic nitrogens is 2. The van der Waals surface area contributed by atoms with Crippen LogP contribution in [0.4, 0.5) is 4.39 Å². The van der Waals surface area contributed by atoms with Crippen LogP contribution in [0.1, 0.15) is 11.3 Å². The lowest BCUT2D eigenvalue weighted by molar-refractivity contribution is 0.584. The minimum absolute atomic E-state index is 0.00913. The highest BCUT2D eigenvalue weighted by molar-refractivity contribution is 7.71. The van der Waals surface area contributed by atoms with E-state index in [0.717, 1.165) is 12.0 Å². The highest BCUT2D eigenvalue weighted by Crippen LogP contribution is 2.12. The van der Waals surface area contributed by atoms with Crippen molar-refractivity contribution in [3.63, 3.8) is 0 Å². The number of nitrogens with zero attached hydrogens (tertiary/aromatic N) is 1. The number of aromatic amines is 1. The van der Waals surface area contributed by atoms with E-state index in [-0.39, 0.29) is 4.64 Å². The molecule has 5 heteroatoms. The van der Waals surface area contributed by atoms with Crippen LogP contribution in [-0.4, -0.2) is 9.97 Å². The van der Waals surface area contributed by atoms with Crippen molar-refractivity contribution in [1.82, 2.24) is 9.97 Å². The fourth-order valence-electron chi connectivity index (χ4n) is 1.52. The van der Waals surface area contributed by atoms with Gasteiger partial charge in [0.1, 0.15) is 0 Å². The molecule has 0 fully saturated rings. The number of H-pyrrole nitrogens is 1. The van der Waals surface area contributed by atoms with Gasteiger partial charge in [0.15, 0.2) is 10.5 Å².